The molecule has 1 saturated heterocycles. The number of rotatable bonds is 3. The summed E-state index contributed by atoms with van der Waals surface area (Å²) in [5.74, 6) is -0.313. The zero-order valence-electron chi connectivity index (χ0n) is 8.79. The number of nitrogens with one attached hydrogen (secondary N) is 1. The molecule has 1 unspecified atom stereocenters. The van der Waals surface area contributed by atoms with Crippen LogP contribution in [0.15, 0.2) is 18.3 Å². The number of nitrogens with zero attached hydrogens (tertiary/aromatic N) is 1. The standard InChI is InChI=1S/C11H15FN2O/c1-11(5-3-7-14-11)8-15-10-9(12)4-2-6-13-10/h2,4,6,14H,3,5,7-8H2,1H3. The average molecular weight is 210 g/mol. The van der Waals surface area contributed by atoms with Crippen LogP contribution in [0.25, 0.3) is 0 Å². The highest BCUT2D eigenvalue weighted by atomic mass is 19.1. The molecule has 0 spiro atoms. The van der Waals surface area contributed by atoms with Crippen LogP contribution in [0.5, 0.6) is 5.88 Å². The Balaban J connectivity index is 1.95. The van der Waals surface area contributed by atoms with Crippen LogP contribution in [-0.2, 0) is 0 Å². The Morgan fingerprint density at radius 3 is 3.20 bits per heavy atom. The molecule has 0 radical (unpaired) electrons. The maximum atomic E-state index is 13.2. The average Bonchev–Trinajstić information content (AvgIpc) is 2.65. The van der Waals surface area contributed by atoms with Crippen LogP contribution in [0.1, 0.15) is 19.8 Å². The number of hydrogen-bond donors (Lipinski definition) is 1. The van der Waals surface area contributed by atoms with E-state index in [1.54, 1.807) is 6.07 Å². The molecule has 1 aliphatic heterocycles. The van der Waals surface area contributed by atoms with Crippen LogP contribution >= 0.6 is 0 Å². The van der Waals surface area contributed by atoms with Crippen molar-refractivity contribution in [2.75, 3.05) is 13.2 Å². The number of halogens is 1. The van der Waals surface area contributed by atoms with Gasteiger partial charge < -0.3 is 10.1 Å². The summed E-state index contributed by atoms with van der Waals surface area (Å²) in [7, 11) is 0. The van der Waals surface area contributed by atoms with Crippen molar-refractivity contribution in [2.24, 2.45) is 0 Å². The lowest BCUT2D eigenvalue weighted by Crippen LogP contribution is -2.42. The van der Waals surface area contributed by atoms with Gasteiger partial charge in [-0.1, -0.05) is 0 Å². The van der Waals surface area contributed by atoms with Crippen LogP contribution in [0.4, 0.5) is 4.39 Å². The molecule has 0 bridgehead atoms. The summed E-state index contributed by atoms with van der Waals surface area (Å²) < 4.78 is 18.6. The van der Waals surface area contributed by atoms with Crippen LogP contribution in [0, 0.1) is 5.82 Å². The Labute approximate surface area is 88.7 Å². The third kappa shape index (κ3) is 2.45. The molecule has 2 rings (SSSR count). The second-order valence-electron chi connectivity index (χ2n) is 4.17. The lowest BCUT2D eigenvalue weighted by molar-refractivity contribution is 0.198. The largest absolute Gasteiger partial charge is 0.474 e. The van der Waals surface area contributed by atoms with E-state index in [9.17, 15) is 4.39 Å². The first kappa shape index (κ1) is 10.4. The zero-order valence-corrected chi connectivity index (χ0v) is 8.79. The van der Waals surface area contributed by atoms with Gasteiger partial charge in [-0.05, 0) is 38.4 Å². The first-order valence-electron chi connectivity index (χ1n) is 5.18. The van der Waals surface area contributed by atoms with Crippen molar-refractivity contribution in [1.82, 2.24) is 10.3 Å². The first-order chi connectivity index (χ1) is 7.20. The van der Waals surface area contributed by atoms with E-state index in [4.69, 9.17) is 4.74 Å². The fraction of sp³-hybridized carbons (Fsp3) is 0.545. The molecule has 4 heteroatoms. The molecule has 82 valence electrons. The van der Waals surface area contributed by atoms with E-state index in [2.05, 4.69) is 17.2 Å². The predicted octanol–water partition coefficient (Wildman–Crippen LogP) is 1.74. The van der Waals surface area contributed by atoms with E-state index in [0.717, 1.165) is 19.4 Å². The van der Waals surface area contributed by atoms with Gasteiger partial charge in [-0.25, -0.2) is 9.37 Å². The van der Waals surface area contributed by atoms with Gasteiger partial charge in [-0.2, -0.15) is 0 Å². The van der Waals surface area contributed by atoms with E-state index >= 15 is 0 Å². The molecule has 0 amide bonds. The summed E-state index contributed by atoms with van der Waals surface area (Å²) in [6.07, 6.45) is 3.73. The first-order valence-corrected chi connectivity index (χ1v) is 5.18. The fourth-order valence-corrected chi connectivity index (χ4v) is 1.79. The molecule has 1 aliphatic rings. The molecule has 3 nitrogen and oxygen atoms in total. The van der Waals surface area contributed by atoms with Crippen molar-refractivity contribution in [1.29, 1.82) is 0 Å². The third-order valence-corrected chi connectivity index (χ3v) is 2.71. The Bertz CT molecular complexity index is 337. The van der Waals surface area contributed by atoms with E-state index in [-0.39, 0.29) is 11.4 Å². The predicted molar refractivity (Wildman–Crippen MR) is 55.3 cm³/mol. The second kappa shape index (κ2) is 4.14. The summed E-state index contributed by atoms with van der Waals surface area (Å²) >= 11 is 0. The fourth-order valence-electron chi connectivity index (χ4n) is 1.79. The SMILES string of the molecule is CC1(COc2ncccc2F)CCCN1. The number of ether oxygens (including phenoxy) is 1. The van der Waals surface area contributed by atoms with Gasteiger partial charge in [-0.15, -0.1) is 0 Å². The van der Waals surface area contributed by atoms with Gasteiger partial charge in [0.15, 0.2) is 5.82 Å². The number of hydrogen-bond acceptors (Lipinski definition) is 3. The smallest absolute Gasteiger partial charge is 0.250 e. The maximum Gasteiger partial charge on any atom is 0.250 e. The van der Waals surface area contributed by atoms with Crippen LogP contribution in [0.2, 0.25) is 0 Å². The summed E-state index contributed by atoms with van der Waals surface area (Å²) in [6.45, 7) is 3.55. The minimum Gasteiger partial charge on any atom is -0.474 e. The summed E-state index contributed by atoms with van der Waals surface area (Å²) in [5.41, 5.74) is -0.0377. The van der Waals surface area contributed by atoms with Gasteiger partial charge in [0.05, 0.1) is 0 Å². The van der Waals surface area contributed by atoms with Crippen LogP contribution in [0.3, 0.4) is 0 Å². The molecular weight excluding hydrogens is 195 g/mol. The van der Waals surface area contributed by atoms with Crippen molar-refractivity contribution in [3.8, 4) is 5.88 Å². The van der Waals surface area contributed by atoms with Crippen molar-refractivity contribution >= 4 is 0 Å². The Morgan fingerprint density at radius 2 is 2.53 bits per heavy atom. The maximum absolute atomic E-state index is 13.2. The van der Waals surface area contributed by atoms with E-state index < -0.39 is 5.82 Å². The van der Waals surface area contributed by atoms with Gasteiger partial charge in [-0.3, -0.25) is 0 Å². The molecule has 1 aromatic rings. The monoisotopic (exact) mass is 210 g/mol. The van der Waals surface area contributed by atoms with E-state index in [0.29, 0.717) is 6.61 Å². The lowest BCUT2D eigenvalue weighted by Gasteiger charge is -2.23. The minimum absolute atomic E-state index is 0.0377. The highest BCUT2D eigenvalue weighted by Crippen LogP contribution is 2.20. The topological polar surface area (TPSA) is 34.1 Å². The number of aromatic nitrogens is 1. The highest BCUT2D eigenvalue weighted by Gasteiger charge is 2.29. The Kier molecular flexibility index (Phi) is 2.86. The quantitative estimate of drug-likeness (QED) is 0.825. The summed E-state index contributed by atoms with van der Waals surface area (Å²) in [6, 6.07) is 2.91. The van der Waals surface area contributed by atoms with Gasteiger partial charge >= 0.3 is 0 Å². The molecular formula is C11H15FN2O. The van der Waals surface area contributed by atoms with Crippen LogP contribution in [-0.4, -0.2) is 23.7 Å². The minimum atomic E-state index is -0.404. The molecule has 2 heterocycles. The summed E-state index contributed by atoms with van der Waals surface area (Å²) in [4.78, 5) is 3.85. The third-order valence-electron chi connectivity index (χ3n) is 2.71. The molecule has 1 fully saturated rings. The molecule has 0 saturated carbocycles. The van der Waals surface area contributed by atoms with Crippen LogP contribution < -0.4 is 10.1 Å². The van der Waals surface area contributed by atoms with Gasteiger partial charge in [0.25, 0.3) is 0 Å². The van der Waals surface area contributed by atoms with Crippen molar-refractivity contribution in [2.45, 2.75) is 25.3 Å². The van der Waals surface area contributed by atoms with Crippen molar-refractivity contribution in [3.63, 3.8) is 0 Å². The molecule has 15 heavy (non-hydrogen) atoms. The van der Waals surface area contributed by atoms with E-state index in [1.165, 1.54) is 12.3 Å². The molecule has 1 atom stereocenters. The molecule has 0 aliphatic carbocycles. The van der Waals surface area contributed by atoms with Crippen molar-refractivity contribution < 1.29 is 9.13 Å². The van der Waals surface area contributed by atoms with Gasteiger partial charge in [0, 0.05) is 11.7 Å². The molecule has 1 aromatic heterocycles. The molecule has 1 N–H and O–H groups in total. The van der Waals surface area contributed by atoms with Gasteiger partial charge in [0.1, 0.15) is 6.61 Å². The van der Waals surface area contributed by atoms with E-state index in [1.807, 2.05) is 0 Å². The highest BCUT2D eigenvalue weighted by molar-refractivity contribution is 5.13. The lowest BCUT2D eigenvalue weighted by atomic mass is 10.0. The second-order valence-corrected chi connectivity index (χ2v) is 4.17. The molecule has 0 aromatic carbocycles. The van der Waals surface area contributed by atoms with Crippen molar-refractivity contribution in [3.05, 3.63) is 24.1 Å². The number of pyridine rings is 1. The summed E-state index contributed by atoms with van der Waals surface area (Å²) in [5, 5.41) is 3.35. The Morgan fingerprint density at radius 1 is 1.67 bits per heavy atom. The normalized spacial score (nSPS) is 25.5. The van der Waals surface area contributed by atoms with Gasteiger partial charge in [0.2, 0.25) is 5.88 Å². The zero-order chi connectivity index (χ0) is 10.7. The Hall–Kier alpha value is -1.16.